The van der Waals surface area contributed by atoms with Crippen molar-refractivity contribution in [2.75, 3.05) is 17.7 Å². The second-order valence-corrected chi connectivity index (χ2v) is 4.40. The number of nitrogens with two attached hydrogens (primary N) is 1. The van der Waals surface area contributed by atoms with Crippen molar-refractivity contribution < 1.29 is 19.4 Å². The maximum absolute atomic E-state index is 10.8. The molecule has 110 valence electrons. The molecular weight excluding hydrogens is 274 g/mol. The Morgan fingerprint density at radius 3 is 2.76 bits per heavy atom. The number of anilines is 2. The number of benzene rings is 1. The minimum absolute atomic E-state index is 0.0659. The lowest BCUT2D eigenvalue weighted by Crippen LogP contribution is -2.25. The molecule has 0 unspecified atom stereocenters. The fourth-order valence-electron chi connectivity index (χ4n) is 1.77. The molecule has 0 aliphatic carbocycles. The number of amides is 1. The molecule has 0 saturated heterocycles. The van der Waals surface area contributed by atoms with Gasteiger partial charge >= 0.3 is 5.97 Å². The second-order valence-electron chi connectivity index (χ2n) is 4.40. The maximum Gasteiger partial charge on any atom is 0.352 e. The molecule has 1 aliphatic rings. The monoisotopic (exact) mass is 289 g/mol. The quantitative estimate of drug-likeness (QED) is 0.686. The van der Waals surface area contributed by atoms with Crippen LogP contribution in [0.25, 0.3) is 0 Å². The summed E-state index contributed by atoms with van der Waals surface area (Å²) in [5.41, 5.74) is 7.15. The predicted octanol–water partition coefficient (Wildman–Crippen LogP) is 1.32. The number of carbonyl (C=O) groups excluding carboxylic acids is 1. The standard InChI is InChI=1S/C8H8N2O2.C6H7NO2/c9-5-1-2-6-7(3-5)12-4-8(11)10-6;1-7-4-2-3-5(7)6(8)9/h1-3H,4,9H2,(H,10,11);2-4H,1H3,(H,8,9). The van der Waals surface area contributed by atoms with Crippen molar-refractivity contribution in [2.45, 2.75) is 0 Å². The molecule has 7 heteroatoms. The fourth-order valence-corrected chi connectivity index (χ4v) is 1.77. The highest BCUT2D eigenvalue weighted by Crippen LogP contribution is 2.29. The Labute approximate surface area is 120 Å². The number of nitrogen functional groups attached to an aromatic ring is 1. The number of carboxylic acids is 1. The summed E-state index contributed by atoms with van der Waals surface area (Å²) < 4.78 is 6.68. The van der Waals surface area contributed by atoms with E-state index in [1.165, 1.54) is 0 Å². The predicted molar refractivity (Wildman–Crippen MR) is 77.4 cm³/mol. The summed E-state index contributed by atoms with van der Waals surface area (Å²) in [6.07, 6.45) is 1.70. The lowest BCUT2D eigenvalue weighted by molar-refractivity contribution is -0.118. The number of aryl methyl sites for hydroxylation is 1. The van der Waals surface area contributed by atoms with Gasteiger partial charge in [0.1, 0.15) is 11.4 Å². The zero-order chi connectivity index (χ0) is 15.4. The van der Waals surface area contributed by atoms with Gasteiger partial charge < -0.3 is 25.5 Å². The van der Waals surface area contributed by atoms with Gasteiger partial charge in [-0.15, -0.1) is 0 Å². The van der Waals surface area contributed by atoms with Gasteiger partial charge in [-0.2, -0.15) is 0 Å². The number of nitrogens with zero attached hydrogens (tertiary/aromatic N) is 1. The van der Waals surface area contributed by atoms with Gasteiger partial charge in [0.15, 0.2) is 6.61 Å². The molecule has 21 heavy (non-hydrogen) atoms. The second kappa shape index (κ2) is 6.00. The van der Waals surface area contributed by atoms with E-state index in [2.05, 4.69) is 5.32 Å². The molecule has 0 atom stereocenters. The molecule has 0 bridgehead atoms. The molecule has 1 aliphatic heterocycles. The van der Waals surface area contributed by atoms with Crippen LogP contribution in [-0.4, -0.2) is 28.2 Å². The number of hydrogen-bond donors (Lipinski definition) is 3. The third kappa shape index (κ3) is 3.53. The van der Waals surface area contributed by atoms with Crippen LogP contribution >= 0.6 is 0 Å². The van der Waals surface area contributed by atoms with E-state index < -0.39 is 5.97 Å². The summed E-state index contributed by atoms with van der Waals surface area (Å²) >= 11 is 0. The topological polar surface area (TPSA) is 107 Å². The Bertz CT molecular complexity index is 679. The molecule has 4 N–H and O–H groups in total. The van der Waals surface area contributed by atoms with Crippen molar-refractivity contribution >= 4 is 23.3 Å². The van der Waals surface area contributed by atoms with Crippen molar-refractivity contribution in [2.24, 2.45) is 7.05 Å². The van der Waals surface area contributed by atoms with Crippen molar-refractivity contribution in [3.8, 4) is 5.75 Å². The maximum atomic E-state index is 10.8. The van der Waals surface area contributed by atoms with Crippen LogP contribution in [0.1, 0.15) is 10.5 Å². The molecule has 1 aromatic heterocycles. The zero-order valence-corrected chi connectivity index (χ0v) is 11.4. The van der Waals surface area contributed by atoms with E-state index >= 15 is 0 Å². The van der Waals surface area contributed by atoms with Crippen LogP contribution in [0.4, 0.5) is 11.4 Å². The first-order valence-electron chi connectivity index (χ1n) is 6.14. The van der Waals surface area contributed by atoms with E-state index in [0.717, 1.165) is 0 Å². The van der Waals surface area contributed by atoms with Gasteiger partial charge in [-0.05, 0) is 24.3 Å². The van der Waals surface area contributed by atoms with Crippen LogP contribution in [0.3, 0.4) is 0 Å². The first-order valence-corrected chi connectivity index (χ1v) is 6.14. The number of nitrogens with one attached hydrogen (secondary N) is 1. The SMILES string of the molecule is Cn1cccc1C(=O)O.Nc1ccc2c(c1)OCC(=O)N2. The van der Waals surface area contributed by atoms with Crippen LogP contribution in [0, 0.1) is 0 Å². The highest BCUT2D eigenvalue weighted by Gasteiger charge is 2.14. The largest absolute Gasteiger partial charge is 0.482 e. The van der Waals surface area contributed by atoms with Gasteiger partial charge in [0.05, 0.1) is 5.69 Å². The summed E-state index contributed by atoms with van der Waals surface area (Å²) in [7, 11) is 1.70. The molecule has 1 aromatic carbocycles. The van der Waals surface area contributed by atoms with E-state index in [-0.39, 0.29) is 12.5 Å². The number of hydrogen-bond acceptors (Lipinski definition) is 4. The molecular formula is C14H15N3O4. The molecule has 1 amide bonds. The van der Waals surface area contributed by atoms with Crippen molar-refractivity contribution in [3.05, 3.63) is 42.2 Å². The zero-order valence-electron chi connectivity index (χ0n) is 11.4. The van der Waals surface area contributed by atoms with E-state index in [1.807, 2.05) is 0 Å². The van der Waals surface area contributed by atoms with Crippen LogP contribution < -0.4 is 15.8 Å². The number of carbonyl (C=O) groups is 2. The lowest BCUT2D eigenvalue weighted by Gasteiger charge is -2.17. The van der Waals surface area contributed by atoms with Gasteiger partial charge in [-0.3, -0.25) is 4.79 Å². The number of carboxylic acid groups (broad SMARTS) is 1. The van der Waals surface area contributed by atoms with E-state index in [4.69, 9.17) is 15.6 Å². The third-order valence-corrected chi connectivity index (χ3v) is 2.80. The van der Waals surface area contributed by atoms with Crippen molar-refractivity contribution in [1.29, 1.82) is 0 Å². The van der Waals surface area contributed by atoms with Gasteiger partial charge in [0.2, 0.25) is 0 Å². The van der Waals surface area contributed by atoms with Gasteiger partial charge in [-0.1, -0.05) is 0 Å². The highest BCUT2D eigenvalue weighted by atomic mass is 16.5. The van der Waals surface area contributed by atoms with Crippen molar-refractivity contribution in [3.63, 3.8) is 0 Å². The van der Waals surface area contributed by atoms with Crippen LogP contribution in [0.5, 0.6) is 5.75 Å². The number of ether oxygens (including phenoxy) is 1. The minimum atomic E-state index is -0.887. The Balaban J connectivity index is 0.000000161. The Morgan fingerprint density at radius 2 is 2.19 bits per heavy atom. The van der Waals surface area contributed by atoms with Crippen LogP contribution in [0.15, 0.2) is 36.5 Å². The third-order valence-electron chi connectivity index (χ3n) is 2.80. The summed E-state index contributed by atoms with van der Waals surface area (Å²) in [6, 6.07) is 8.38. The summed E-state index contributed by atoms with van der Waals surface area (Å²) in [5, 5.41) is 11.1. The molecule has 0 radical (unpaired) electrons. The molecule has 0 fully saturated rings. The summed E-state index contributed by atoms with van der Waals surface area (Å²) in [4.78, 5) is 21.1. The highest BCUT2D eigenvalue weighted by molar-refractivity contribution is 5.95. The Kier molecular flexibility index (Phi) is 4.13. The van der Waals surface area contributed by atoms with Crippen molar-refractivity contribution in [1.82, 2.24) is 4.57 Å². The van der Waals surface area contributed by atoms with Gasteiger partial charge in [0, 0.05) is 25.0 Å². The first kappa shape index (κ1) is 14.4. The lowest BCUT2D eigenvalue weighted by atomic mass is 10.2. The van der Waals surface area contributed by atoms with Crippen LogP contribution in [0.2, 0.25) is 0 Å². The molecule has 7 nitrogen and oxygen atoms in total. The fraction of sp³-hybridized carbons (Fsp3) is 0.143. The van der Waals surface area contributed by atoms with E-state index in [9.17, 15) is 9.59 Å². The van der Waals surface area contributed by atoms with Gasteiger partial charge in [0.25, 0.3) is 5.91 Å². The average molecular weight is 289 g/mol. The first-order chi connectivity index (χ1) is 9.97. The molecule has 2 aromatic rings. The van der Waals surface area contributed by atoms with E-state index in [0.29, 0.717) is 22.8 Å². The number of fused-ring (bicyclic) bond motifs is 1. The molecule has 0 saturated carbocycles. The molecule has 3 rings (SSSR count). The molecule has 0 spiro atoms. The van der Waals surface area contributed by atoms with E-state index in [1.54, 1.807) is 48.1 Å². The number of rotatable bonds is 1. The summed E-state index contributed by atoms with van der Waals surface area (Å²) in [6.45, 7) is 0.0659. The molecule has 2 heterocycles. The minimum Gasteiger partial charge on any atom is -0.482 e. The normalized spacial score (nSPS) is 12.3. The Hall–Kier alpha value is -2.96. The van der Waals surface area contributed by atoms with Gasteiger partial charge in [-0.25, -0.2) is 4.79 Å². The summed E-state index contributed by atoms with van der Waals surface area (Å²) in [5.74, 6) is -0.385. The number of aromatic carboxylic acids is 1. The average Bonchev–Trinajstić information content (AvgIpc) is 2.86. The van der Waals surface area contributed by atoms with Crippen LogP contribution in [-0.2, 0) is 11.8 Å². The smallest absolute Gasteiger partial charge is 0.352 e. The Morgan fingerprint density at radius 1 is 1.43 bits per heavy atom. The number of aromatic nitrogens is 1.